The molecule has 11 heavy (non-hydrogen) atoms. The molecule has 0 aliphatic carbocycles. The molecule has 2 nitrogen and oxygen atoms in total. The van der Waals surface area contributed by atoms with Crippen LogP contribution in [0.1, 0.15) is 5.56 Å². The van der Waals surface area contributed by atoms with E-state index in [1.807, 2.05) is 25.1 Å². The molecular weight excluding hydrogens is 160 g/mol. The van der Waals surface area contributed by atoms with Gasteiger partial charge in [0.2, 0.25) is 0 Å². The lowest BCUT2D eigenvalue weighted by Crippen LogP contribution is -2.02. The van der Waals surface area contributed by atoms with E-state index in [1.165, 1.54) is 0 Å². The van der Waals surface area contributed by atoms with Gasteiger partial charge in [-0.05, 0) is 30.7 Å². The summed E-state index contributed by atoms with van der Waals surface area (Å²) in [5, 5.41) is 0. The van der Waals surface area contributed by atoms with Gasteiger partial charge >= 0.3 is 0 Å². The fourth-order valence-corrected chi connectivity index (χ4v) is 1.21. The third-order valence-corrected chi connectivity index (χ3v) is 1.73. The number of benzene rings is 1. The summed E-state index contributed by atoms with van der Waals surface area (Å²) >= 11 is 5.75. The maximum absolute atomic E-state index is 5.75. The summed E-state index contributed by atoms with van der Waals surface area (Å²) in [4.78, 5) is 0. The van der Waals surface area contributed by atoms with Crippen LogP contribution >= 0.6 is 11.8 Å². The van der Waals surface area contributed by atoms with Crippen LogP contribution in [0.3, 0.4) is 0 Å². The molecular formula is C8H11ClN2. The minimum Gasteiger partial charge on any atom is -0.399 e. The van der Waals surface area contributed by atoms with Gasteiger partial charge in [0, 0.05) is 24.5 Å². The lowest BCUT2D eigenvalue weighted by atomic mass is 10.2. The van der Waals surface area contributed by atoms with Gasteiger partial charge in [0.1, 0.15) is 0 Å². The maximum atomic E-state index is 5.75. The van der Waals surface area contributed by atoms with Crippen molar-refractivity contribution in [1.82, 2.24) is 0 Å². The molecule has 0 amide bonds. The summed E-state index contributed by atoms with van der Waals surface area (Å²) in [5.74, 6) is 0. The average molecular weight is 171 g/mol. The molecule has 0 radical (unpaired) electrons. The van der Waals surface area contributed by atoms with Crippen molar-refractivity contribution in [2.75, 3.05) is 17.2 Å². The smallest absolute Gasteiger partial charge is 0.0550 e. The van der Waals surface area contributed by atoms with Gasteiger partial charge in [0.25, 0.3) is 0 Å². The lowest BCUT2D eigenvalue weighted by Gasteiger charge is -2.12. The van der Waals surface area contributed by atoms with Crippen molar-refractivity contribution >= 4 is 23.2 Å². The summed E-state index contributed by atoms with van der Waals surface area (Å²) < 4.78 is 1.55. The number of nitrogens with zero attached hydrogens (tertiary/aromatic N) is 1. The van der Waals surface area contributed by atoms with E-state index in [1.54, 1.807) is 11.5 Å². The number of aryl methyl sites for hydroxylation is 1. The Labute approximate surface area is 71.7 Å². The summed E-state index contributed by atoms with van der Waals surface area (Å²) in [6.07, 6.45) is 0. The second-order valence-electron chi connectivity index (χ2n) is 2.52. The van der Waals surface area contributed by atoms with E-state index in [0.717, 1.165) is 16.9 Å². The Morgan fingerprint density at radius 2 is 2.09 bits per heavy atom. The van der Waals surface area contributed by atoms with Crippen LogP contribution in [0.25, 0.3) is 0 Å². The Kier molecular flexibility index (Phi) is 2.25. The van der Waals surface area contributed by atoms with Crippen molar-refractivity contribution < 1.29 is 0 Å². The van der Waals surface area contributed by atoms with Gasteiger partial charge in [-0.15, -0.1) is 0 Å². The molecule has 60 valence electrons. The van der Waals surface area contributed by atoms with Gasteiger partial charge in [-0.3, -0.25) is 4.42 Å². The Morgan fingerprint density at radius 3 is 2.55 bits per heavy atom. The van der Waals surface area contributed by atoms with Crippen LogP contribution in [0, 0.1) is 6.92 Å². The molecule has 0 unspecified atom stereocenters. The number of hydrogen-bond donors (Lipinski definition) is 1. The van der Waals surface area contributed by atoms with E-state index >= 15 is 0 Å². The molecule has 1 aromatic carbocycles. The average Bonchev–Trinajstić information content (AvgIpc) is 1.85. The zero-order chi connectivity index (χ0) is 8.43. The minimum absolute atomic E-state index is 0.768. The van der Waals surface area contributed by atoms with Gasteiger partial charge in [-0.1, -0.05) is 0 Å². The first kappa shape index (κ1) is 8.21. The van der Waals surface area contributed by atoms with Gasteiger partial charge < -0.3 is 5.73 Å². The van der Waals surface area contributed by atoms with E-state index in [4.69, 9.17) is 17.5 Å². The first-order valence-electron chi connectivity index (χ1n) is 3.37. The number of hydrogen-bond acceptors (Lipinski definition) is 2. The molecule has 0 aliphatic rings. The lowest BCUT2D eigenvalue weighted by molar-refractivity contribution is 1.30. The van der Waals surface area contributed by atoms with E-state index in [9.17, 15) is 0 Å². The van der Waals surface area contributed by atoms with Gasteiger partial charge in [0.05, 0.1) is 5.69 Å². The van der Waals surface area contributed by atoms with Crippen molar-refractivity contribution in [3.05, 3.63) is 23.8 Å². The number of rotatable bonds is 1. The topological polar surface area (TPSA) is 29.3 Å². The third-order valence-electron chi connectivity index (χ3n) is 1.55. The zero-order valence-corrected chi connectivity index (χ0v) is 7.39. The largest absolute Gasteiger partial charge is 0.399 e. The van der Waals surface area contributed by atoms with Crippen LogP contribution in [-0.4, -0.2) is 7.05 Å². The summed E-state index contributed by atoms with van der Waals surface area (Å²) in [7, 11) is 1.79. The van der Waals surface area contributed by atoms with Crippen molar-refractivity contribution in [2.45, 2.75) is 6.92 Å². The monoisotopic (exact) mass is 170 g/mol. The van der Waals surface area contributed by atoms with Gasteiger partial charge in [0.15, 0.2) is 0 Å². The Bertz CT molecular complexity index is 258. The highest BCUT2D eigenvalue weighted by molar-refractivity contribution is 6.25. The predicted octanol–water partition coefficient (Wildman–Crippen LogP) is 2.17. The van der Waals surface area contributed by atoms with E-state index in [0.29, 0.717) is 0 Å². The van der Waals surface area contributed by atoms with Crippen LogP contribution in [0.4, 0.5) is 11.4 Å². The van der Waals surface area contributed by atoms with Crippen LogP contribution in [0.5, 0.6) is 0 Å². The minimum atomic E-state index is 0.768. The van der Waals surface area contributed by atoms with Crippen molar-refractivity contribution in [2.24, 2.45) is 0 Å². The molecule has 0 atom stereocenters. The standard InChI is InChI=1S/C8H11ClN2/c1-6-5-7(10)3-4-8(6)11(2)9/h3-5H,10H2,1-2H3. The molecule has 0 fully saturated rings. The van der Waals surface area contributed by atoms with E-state index in [2.05, 4.69) is 0 Å². The molecule has 2 N–H and O–H groups in total. The number of halogens is 1. The Balaban J connectivity index is 3.09. The van der Waals surface area contributed by atoms with Gasteiger partial charge in [-0.2, -0.15) is 0 Å². The molecule has 0 aliphatic heterocycles. The fraction of sp³-hybridized carbons (Fsp3) is 0.250. The van der Waals surface area contributed by atoms with Crippen molar-refractivity contribution in [3.63, 3.8) is 0 Å². The molecule has 0 bridgehead atoms. The highest BCUT2D eigenvalue weighted by Crippen LogP contribution is 2.21. The van der Waals surface area contributed by atoms with E-state index < -0.39 is 0 Å². The number of anilines is 2. The summed E-state index contributed by atoms with van der Waals surface area (Å²) in [5.41, 5.74) is 8.41. The quantitative estimate of drug-likeness (QED) is 0.517. The Morgan fingerprint density at radius 1 is 1.45 bits per heavy atom. The van der Waals surface area contributed by atoms with Crippen LogP contribution < -0.4 is 10.2 Å². The highest BCUT2D eigenvalue weighted by atomic mass is 35.5. The fourth-order valence-electron chi connectivity index (χ4n) is 1.02. The molecule has 1 rings (SSSR count). The molecule has 1 aromatic rings. The van der Waals surface area contributed by atoms with Crippen LogP contribution in [0.15, 0.2) is 18.2 Å². The SMILES string of the molecule is Cc1cc(N)ccc1N(C)Cl. The molecule has 0 saturated heterocycles. The third kappa shape index (κ3) is 1.77. The molecule has 3 heteroatoms. The molecule has 0 aromatic heterocycles. The number of nitrogens with two attached hydrogens (primary N) is 1. The first-order valence-corrected chi connectivity index (χ1v) is 3.70. The second-order valence-corrected chi connectivity index (χ2v) is 3.03. The van der Waals surface area contributed by atoms with Crippen LogP contribution in [0.2, 0.25) is 0 Å². The number of nitrogen functional groups attached to an aromatic ring is 1. The summed E-state index contributed by atoms with van der Waals surface area (Å²) in [6.45, 7) is 1.98. The molecule has 0 saturated carbocycles. The summed E-state index contributed by atoms with van der Waals surface area (Å²) in [6, 6.07) is 5.63. The molecule has 0 heterocycles. The first-order chi connectivity index (χ1) is 5.11. The maximum Gasteiger partial charge on any atom is 0.0550 e. The van der Waals surface area contributed by atoms with Crippen molar-refractivity contribution in [3.8, 4) is 0 Å². The normalized spacial score (nSPS) is 9.73. The second kappa shape index (κ2) is 3.01. The highest BCUT2D eigenvalue weighted by Gasteiger charge is 2.00. The predicted molar refractivity (Wildman–Crippen MR) is 49.8 cm³/mol. The van der Waals surface area contributed by atoms with Crippen molar-refractivity contribution in [1.29, 1.82) is 0 Å². The van der Waals surface area contributed by atoms with Gasteiger partial charge in [-0.25, -0.2) is 0 Å². The molecule has 0 spiro atoms. The Hall–Kier alpha value is -0.890. The van der Waals surface area contributed by atoms with E-state index in [-0.39, 0.29) is 0 Å². The van der Waals surface area contributed by atoms with Crippen LogP contribution in [-0.2, 0) is 0 Å². The zero-order valence-electron chi connectivity index (χ0n) is 6.63.